The minimum Gasteiger partial charge on any atom is -0.353 e. The van der Waals surface area contributed by atoms with Crippen LogP contribution in [-0.2, 0) is 10.1 Å². The first-order chi connectivity index (χ1) is 9.19. The van der Waals surface area contributed by atoms with Gasteiger partial charge < -0.3 is 10.6 Å². The van der Waals surface area contributed by atoms with Crippen LogP contribution >= 0.6 is 15.9 Å². The second-order valence-electron chi connectivity index (χ2n) is 4.68. The Hall–Kier alpha value is -1.36. The van der Waals surface area contributed by atoms with Crippen LogP contribution in [-0.4, -0.2) is 24.4 Å². The molecule has 1 aliphatic rings. The van der Waals surface area contributed by atoms with Crippen molar-refractivity contribution in [2.24, 2.45) is 0 Å². The second kappa shape index (κ2) is 6.70. The summed E-state index contributed by atoms with van der Waals surface area (Å²) >= 11 is 3.36. The van der Waals surface area contributed by atoms with Gasteiger partial charge in [0, 0.05) is 29.9 Å². The van der Waals surface area contributed by atoms with Gasteiger partial charge in [-0.1, -0.05) is 28.1 Å². The van der Waals surface area contributed by atoms with Crippen LogP contribution in [0.1, 0.15) is 35.2 Å². The van der Waals surface area contributed by atoms with Crippen LogP contribution in [0.3, 0.4) is 0 Å². The van der Waals surface area contributed by atoms with Crippen molar-refractivity contribution in [2.45, 2.75) is 30.6 Å². The van der Waals surface area contributed by atoms with Gasteiger partial charge in [0.2, 0.25) is 5.91 Å². The quantitative estimate of drug-likeness (QED) is 0.786. The molecule has 1 saturated carbocycles. The summed E-state index contributed by atoms with van der Waals surface area (Å²) in [7, 11) is 0. The molecule has 1 aliphatic carbocycles. The predicted molar refractivity (Wildman–Crippen MR) is 77.2 cm³/mol. The molecule has 19 heavy (non-hydrogen) atoms. The molecule has 2 rings (SSSR count). The van der Waals surface area contributed by atoms with Gasteiger partial charge in [-0.15, -0.1) is 0 Å². The summed E-state index contributed by atoms with van der Waals surface area (Å²) in [5, 5.41) is 6.41. The fraction of sp³-hybridized carbons (Fsp3) is 0.429. The Bertz CT molecular complexity index is 455. The van der Waals surface area contributed by atoms with Gasteiger partial charge in [-0.2, -0.15) is 0 Å². The van der Waals surface area contributed by atoms with Crippen molar-refractivity contribution in [3.05, 3.63) is 35.4 Å². The van der Waals surface area contributed by atoms with Gasteiger partial charge in [-0.05, 0) is 30.5 Å². The van der Waals surface area contributed by atoms with Crippen LogP contribution in [0, 0.1) is 0 Å². The van der Waals surface area contributed by atoms with E-state index in [4.69, 9.17) is 0 Å². The second-order valence-corrected chi connectivity index (χ2v) is 5.24. The van der Waals surface area contributed by atoms with E-state index in [1.54, 1.807) is 12.1 Å². The van der Waals surface area contributed by atoms with Gasteiger partial charge in [-0.3, -0.25) is 9.59 Å². The SMILES string of the molecule is O=C(CCNC(=O)c1ccc(CBr)cc1)NC1CC1. The third kappa shape index (κ3) is 4.67. The van der Waals surface area contributed by atoms with Crippen LogP contribution in [0.5, 0.6) is 0 Å². The molecule has 2 N–H and O–H groups in total. The Labute approximate surface area is 121 Å². The average molecular weight is 325 g/mol. The first kappa shape index (κ1) is 14.1. The number of hydrogen-bond acceptors (Lipinski definition) is 2. The van der Waals surface area contributed by atoms with Crippen molar-refractivity contribution >= 4 is 27.7 Å². The van der Waals surface area contributed by atoms with E-state index < -0.39 is 0 Å². The third-order valence-electron chi connectivity index (χ3n) is 2.95. The Morgan fingerprint density at radius 2 is 1.89 bits per heavy atom. The first-order valence-electron chi connectivity index (χ1n) is 6.41. The minimum atomic E-state index is -0.139. The summed E-state index contributed by atoms with van der Waals surface area (Å²) in [6, 6.07) is 7.76. The maximum absolute atomic E-state index is 11.8. The van der Waals surface area contributed by atoms with Crippen molar-refractivity contribution in [2.75, 3.05) is 6.54 Å². The fourth-order valence-corrected chi connectivity index (χ4v) is 2.04. The van der Waals surface area contributed by atoms with Crippen LogP contribution in [0.15, 0.2) is 24.3 Å². The predicted octanol–water partition coefficient (Wildman–Crippen LogP) is 1.98. The molecule has 0 aliphatic heterocycles. The molecule has 4 nitrogen and oxygen atoms in total. The maximum atomic E-state index is 11.8. The summed E-state index contributed by atoms with van der Waals surface area (Å²) in [5.41, 5.74) is 1.74. The Morgan fingerprint density at radius 1 is 1.21 bits per heavy atom. The zero-order valence-corrected chi connectivity index (χ0v) is 12.2. The van der Waals surface area contributed by atoms with Crippen molar-refractivity contribution in [3.63, 3.8) is 0 Å². The Balaban J connectivity index is 1.71. The molecule has 0 atom stereocenters. The van der Waals surface area contributed by atoms with E-state index in [1.165, 1.54) is 0 Å². The van der Waals surface area contributed by atoms with E-state index in [1.807, 2.05) is 12.1 Å². The van der Waals surface area contributed by atoms with Crippen molar-refractivity contribution < 1.29 is 9.59 Å². The highest BCUT2D eigenvalue weighted by Gasteiger charge is 2.22. The monoisotopic (exact) mass is 324 g/mol. The zero-order valence-electron chi connectivity index (χ0n) is 10.6. The molecule has 0 bridgehead atoms. The molecule has 1 aromatic carbocycles. The zero-order chi connectivity index (χ0) is 13.7. The molecule has 0 aromatic heterocycles. The molecule has 5 heteroatoms. The van der Waals surface area contributed by atoms with Gasteiger partial charge in [0.15, 0.2) is 0 Å². The van der Waals surface area contributed by atoms with Crippen LogP contribution in [0.4, 0.5) is 0 Å². The molecule has 0 saturated heterocycles. The molecule has 0 radical (unpaired) electrons. The lowest BCUT2D eigenvalue weighted by Crippen LogP contribution is -2.31. The molecule has 102 valence electrons. The van der Waals surface area contributed by atoms with Gasteiger partial charge in [0.05, 0.1) is 0 Å². The van der Waals surface area contributed by atoms with E-state index >= 15 is 0 Å². The van der Waals surface area contributed by atoms with Crippen LogP contribution in [0.25, 0.3) is 0 Å². The molecule has 1 fully saturated rings. The highest BCUT2D eigenvalue weighted by Crippen LogP contribution is 2.18. The topological polar surface area (TPSA) is 58.2 Å². The standard InChI is InChI=1S/C14H17BrN2O2/c15-9-10-1-3-11(4-2-10)14(19)16-8-7-13(18)17-12-5-6-12/h1-4,12H,5-9H2,(H,16,19)(H,17,18). The van der Waals surface area contributed by atoms with Gasteiger partial charge in [0.1, 0.15) is 0 Å². The van der Waals surface area contributed by atoms with Crippen LogP contribution < -0.4 is 10.6 Å². The van der Waals surface area contributed by atoms with E-state index in [-0.39, 0.29) is 11.8 Å². The van der Waals surface area contributed by atoms with E-state index in [0.717, 1.165) is 23.7 Å². The number of halogens is 1. The van der Waals surface area contributed by atoms with Gasteiger partial charge in [-0.25, -0.2) is 0 Å². The Morgan fingerprint density at radius 3 is 2.47 bits per heavy atom. The summed E-state index contributed by atoms with van der Waals surface area (Å²) in [6.45, 7) is 0.373. The smallest absolute Gasteiger partial charge is 0.251 e. The number of hydrogen-bond donors (Lipinski definition) is 2. The number of amides is 2. The molecule has 1 aromatic rings. The fourth-order valence-electron chi connectivity index (χ4n) is 1.66. The van der Waals surface area contributed by atoms with Gasteiger partial charge in [0.25, 0.3) is 5.91 Å². The number of rotatable bonds is 6. The van der Waals surface area contributed by atoms with Crippen LogP contribution in [0.2, 0.25) is 0 Å². The Kier molecular flexibility index (Phi) is 4.96. The lowest BCUT2D eigenvalue weighted by molar-refractivity contribution is -0.121. The average Bonchev–Trinajstić information content (AvgIpc) is 3.22. The number of benzene rings is 1. The largest absolute Gasteiger partial charge is 0.353 e. The molecule has 0 spiro atoms. The van der Waals surface area contributed by atoms with E-state index in [9.17, 15) is 9.59 Å². The van der Waals surface area contributed by atoms with Gasteiger partial charge >= 0.3 is 0 Å². The third-order valence-corrected chi connectivity index (χ3v) is 3.60. The van der Waals surface area contributed by atoms with Crippen molar-refractivity contribution in [1.29, 1.82) is 0 Å². The number of alkyl halides is 1. The minimum absolute atomic E-state index is 0.0115. The summed E-state index contributed by atoms with van der Waals surface area (Å²) < 4.78 is 0. The maximum Gasteiger partial charge on any atom is 0.251 e. The highest BCUT2D eigenvalue weighted by atomic mass is 79.9. The number of carbonyl (C=O) groups is 2. The number of carbonyl (C=O) groups excluding carboxylic acids is 2. The van der Waals surface area contributed by atoms with Crippen molar-refractivity contribution in [1.82, 2.24) is 10.6 Å². The summed E-state index contributed by atoms with van der Waals surface area (Å²) in [4.78, 5) is 23.2. The highest BCUT2D eigenvalue weighted by molar-refractivity contribution is 9.08. The molecular weight excluding hydrogens is 308 g/mol. The molecular formula is C14H17BrN2O2. The molecule has 0 unspecified atom stereocenters. The summed E-state index contributed by atoms with van der Waals surface area (Å²) in [5.74, 6) is -0.127. The normalized spacial score (nSPS) is 13.9. The van der Waals surface area contributed by atoms with Crippen molar-refractivity contribution in [3.8, 4) is 0 Å². The number of nitrogens with one attached hydrogen (secondary N) is 2. The lowest BCUT2D eigenvalue weighted by atomic mass is 10.1. The molecule has 0 heterocycles. The summed E-state index contributed by atoms with van der Waals surface area (Å²) in [6.07, 6.45) is 2.50. The van der Waals surface area contributed by atoms with E-state index in [0.29, 0.717) is 24.6 Å². The lowest BCUT2D eigenvalue weighted by Gasteiger charge is -2.06. The molecule has 2 amide bonds. The first-order valence-corrected chi connectivity index (χ1v) is 7.53. The van der Waals surface area contributed by atoms with E-state index in [2.05, 4.69) is 26.6 Å².